The molecule has 0 aromatic carbocycles. The smallest absolute Gasteiger partial charge is 0.0590 e. The number of hydrogen-bond donors (Lipinski definition) is 0. The molecule has 0 aliphatic heterocycles. The Morgan fingerprint density at radius 2 is 1.37 bits per heavy atom. The van der Waals surface area contributed by atoms with Gasteiger partial charge in [0.1, 0.15) is 0 Å². The Morgan fingerprint density at radius 1 is 0.947 bits per heavy atom. The van der Waals surface area contributed by atoms with Crippen LogP contribution in [0.25, 0.3) is 0 Å². The Bertz CT molecular complexity index is 537. The van der Waals surface area contributed by atoms with Crippen molar-refractivity contribution in [2.75, 3.05) is 0 Å². The first kappa shape index (κ1) is 13.3. The van der Waals surface area contributed by atoms with Gasteiger partial charge in [0.15, 0.2) is 0 Å². The first-order valence-corrected chi connectivity index (χ1v) is 6.41. The highest BCUT2D eigenvalue weighted by atomic mass is 15.3. The van der Waals surface area contributed by atoms with Gasteiger partial charge < -0.3 is 0 Å². The van der Waals surface area contributed by atoms with Gasteiger partial charge in [-0.15, -0.1) is 13.2 Å². The summed E-state index contributed by atoms with van der Waals surface area (Å²) >= 11 is 0. The van der Waals surface area contributed by atoms with Gasteiger partial charge in [-0.1, -0.05) is 12.2 Å². The van der Waals surface area contributed by atoms with Gasteiger partial charge in [0.2, 0.25) is 0 Å². The molecule has 0 spiro atoms. The van der Waals surface area contributed by atoms with Crippen molar-refractivity contribution in [1.29, 1.82) is 0 Å². The molecule has 2 aromatic heterocycles. The Kier molecular flexibility index (Phi) is 4.00. The van der Waals surface area contributed by atoms with Crippen LogP contribution in [0.5, 0.6) is 0 Å². The van der Waals surface area contributed by atoms with E-state index in [9.17, 15) is 0 Å². The molecular weight excluding hydrogens is 236 g/mol. The van der Waals surface area contributed by atoms with Gasteiger partial charge in [0.25, 0.3) is 0 Å². The average molecular weight is 256 g/mol. The van der Waals surface area contributed by atoms with Crippen molar-refractivity contribution >= 4 is 0 Å². The van der Waals surface area contributed by atoms with Crippen molar-refractivity contribution in [2.45, 2.75) is 33.4 Å². The van der Waals surface area contributed by atoms with Gasteiger partial charge in [0, 0.05) is 17.8 Å². The SMILES string of the molecule is C=CCn1ncc(Cc2cnn(CC=C)c2C)c1C. The second kappa shape index (κ2) is 5.69. The summed E-state index contributed by atoms with van der Waals surface area (Å²) in [6.07, 6.45) is 8.45. The van der Waals surface area contributed by atoms with Crippen LogP contribution in [-0.2, 0) is 19.5 Å². The number of hydrogen-bond acceptors (Lipinski definition) is 2. The van der Waals surface area contributed by atoms with Crippen LogP contribution in [0.3, 0.4) is 0 Å². The molecule has 4 nitrogen and oxygen atoms in total. The van der Waals surface area contributed by atoms with Crippen molar-refractivity contribution in [3.05, 3.63) is 60.2 Å². The highest BCUT2D eigenvalue weighted by Gasteiger charge is 2.10. The normalized spacial score (nSPS) is 10.6. The first-order valence-electron chi connectivity index (χ1n) is 6.41. The predicted molar refractivity (Wildman–Crippen MR) is 77.1 cm³/mol. The molecule has 0 aliphatic rings. The minimum atomic E-state index is 0.751. The van der Waals surface area contributed by atoms with Crippen LogP contribution in [0.1, 0.15) is 22.5 Å². The number of rotatable bonds is 6. The summed E-state index contributed by atoms with van der Waals surface area (Å²) in [7, 11) is 0. The summed E-state index contributed by atoms with van der Waals surface area (Å²) < 4.78 is 3.93. The molecule has 0 aliphatic carbocycles. The van der Waals surface area contributed by atoms with Crippen LogP contribution in [0.4, 0.5) is 0 Å². The molecule has 2 heterocycles. The summed E-state index contributed by atoms with van der Waals surface area (Å²) in [5, 5.41) is 8.75. The fourth-order valence-electron chi connectivity index (χ4n) is 2.14. The van der Waals surface area contributed by atoms with E-state index in [-0.39, 0.29) is 0 Å². The molecule has 100 valence electrons. The zero-order valence-corrected chi connectivity index (χ0v) is 11.6. The van der Waals surface area contributed by atoms with E-state index >= 15 is 0 Å². The minimum Gasteiger partial charge on any atom is -0.266 e. The maximum absolute atomic E-state index is 4.38. The van der Waals surface area contributed by atoms with E-state index in [2.05, 4.69) is 37.2 Å². The second-order valence-electron chi connectivity index (χ2n) is 4.63. The molecule has 2 rings (SSSR count). The highest BCUT2D eigenvalue weighted by Crippen LogP contribution is 2.16. The third kappa shape index (κ3) is 2.67. The molecule has 0 N–H and O–H groups in total. The molecule has 4 heteroatoms. The minimum absolute atomic E-state index is 0.751. The standard InChI is InChI=1S/C15H20N4/c1-5-7-18-12(3)14(10-16-18)9-15-11-17-19(8-6-2)13(15)4/h5-6,10-11H,1-2,7-9H2,3-4H3. The second-order valence-corrected chi connectivity index (χ2v) is 4.63. The lowest BCUT2D eigenvalue weighted by Gasteiger charge is -2.04. The molecule has 0 fully saturated rings. The van der Waals surface area contributed by atoms with Crippen molar-refractivity contribution in [1.82, 2.24) is 19.6 Å². The van der Waals surface area contributed by atoms with Gasteiger partial charge in [-0.05, 0) is 25.0 Å². The Balaban J connectivity index is 2.21. The monoisotopic (exact) mass is 256 g/mol. The molecular formula is C15H20N4. The zero-order chi connectivity index (χ0) is 13.8. The van der Waals surface area contributed by atoms with Crippen molar-refractivity contribution < 1.29 is 0 Å². The van der Waals surface area contributed by atoms with Crippen molar-refractivity contribution in [3.8, 4) is 0 Å². The van der Waals surface area contributed by atoms with Crippen LogP contribution in [0.2, 0.25) is 0 Å². The first-order chi connectivity index (χ1) is 9.17. The van der Waals surface area contributed by atoms with Gasteiger partial charge in [-0.2, -0.15) is 10.2 Å². The lowest BCUT2D eigenvalue weighted by atomic mass is 10.1. The van der Waals surface area contributed by atoms with E-state index in [0.29, 0.717) is 0 Å². The van der Waals surface area contributed by atoms with Crippen LogP contribution < -0.4 is 0 Å². The average Bonchev–Trinajstić information content (AvgIpc) is 2.90. The lowest BCUT2D eigenvalue weighted by molar-refractivity contribution is 0.676. The molecule has 2 aromatic rings. The summed E-state index contributed by atoms with van der Waals surface area (Å²) in [6.45, 7) is 13.2. The maximum Gasteiger partial charge on any atom is 0.0590 e. The van der Waals surface area contributed by atoms with E-state index in [1.807, 2.05) is 33.9 Å². The van der Waals surface area contributed by atoms with Gasteiger partial charge in [-0.3, -0.25) is 9.36 Å². The van der Waals surface area contributed by atoms with E-state index in [1.165, 1.54) is 22.5 Å². The predicted octanol–water partition coefficient (Wildman–Crippen LogP) is 2.66. The third-order valence-electron chi connectivity index (χ3n) is 3.39. The summed E-state index contributed by atoms with van der Waals surface area (Å²) in [6, 6.07) is 0. The van der Waals surface area contributed by atoms with Crippen LogP contribution >= 0.6 is 0 Å². The maximum atomic E-state index is 4.38. The van der Waals surface area contributed by atoms with Crippen LogP contribution in [0.15, 0.2) is 37.7 Å². The van der Waals surface area contributed by atoms with Gasteiger partial charge >= 0.3 is 0 Å². The van der Waals surface area contributed by atoms with Crippen LogP contribution in [-0.4, -0.2) is 19.6 Å². The summed E-state index contributed by atoms with van der Waals surface area (Å²) in [5.74, 6) is 0. The van der Waals surface area contributed by atoms with Crippen LogP contribution in [0, 0.1) is 13.8 Å². The lowest BCUT2D eigenvalue weighted by Crippen LogP contribution is -2.02. The van der Waals surface area contributed by atoms with Crippen molar-refractivity contribution in [2.24, 2.45) is 0 Å². The molecule has 0 unspecified atom stereocenters. The highest BCUT2D eigenvalue weighted by molar-refractivity contribution is 5.28. The van der Waals surface area contributed by atoms with E-state index in [0.717, 1.165) is 19.5 Å². The molecule has 0 saturated heterocycles. The number of nitrogens with zero attached hydrogens (tertiary/aromatic N) is 4. The topological polar surface area (TPSA) is 35.6 Å². The Labute approximate surface area is 114 Å². The molecule has 19 heavy (non-hydrogen) atoms. The van der Waals surface area contributed by atoms with E-state index in [1.54, 1.807) is 0 Å². The van der Waals surface area contributed by atoms with E-state index < -0.39 is 0 Å². The van der Waals surface area contributed by atoms with Crippen molar-refractivity contribution in [3.63, 3.8) is 0 Å². The Morgan fingerprint density at radius 3 is 1.74 bits per heavy atom. The number of aromatic nitrogens is 4. The van der Waals surface area contributed by atoms with Gasteiger partial charge in [-0.25, -0.2) is 0 Å². The number of allylic oxidation sites excluding steroid dienone is 2. The molecule has 0 radical (unpaired) electrons. The fourth-order valence-corrected chi connectivity index (χ4v) is 2.14. The zero-order valence-electron chi connectivity index (χ0n) is 11.6. The quantitative estimate of drug-likeness (QED) is 0.745. The molecule has 0 amide bonds. The van der Waals surface area contributed by atoms with Gasteiger partial charge in [0.05, 0.1) is 25.5 Å². The molecule has 0 bridgehead atoms. The third-order valence-corrected chi connectivity index (χ3v) is 3.39. The molecule has 0 atom stereocenters. The fraction of sp³-hybridized carbons (Fsp3) is 0.333. The van der Waals surface area contributed by atoms with E-state index in [4.69, 9.17) is 0 Å². The Hall–Kier alpha value is -2.10. The largest absolute Gasteiger partial charge is 0.266 e. The summed E-state index contributed by atoms with van der Waals surface area (Å²) in [4.78, 5) is 0. The molecule has 0 saturated carbocycles. The summed E-state index contributed by atoms with van der Waals surface area (Å²) in [5.41, 5.74) is 4.86.